The van der Waals surface area contributed by atoms with E-state index in [9.17, 15) is 9.00 Å². The van der Waals surface area contributed by atoms with Crippen molar-refractivity contribution in [2.24, 2.45) is 5.92 Å². The van der Waals surface area contributed by atoms with Gasteiger partial charge in [-0.1, -0.05) is 6.92 Å². The Morgan fingerprint density at radius 3 is 2.44 bits per heavy atom. The number of methoxy groups -OCH3 is 1. The molecule has 0 saturated carbocycles. The fraction of sp³-hybridized carbons (Fsp3) is 0.909. The summed E-state index contributed by atoms with van der Waals surface area (Å²) in [5.74, 6) is -0.596. The van der Waals surface area contributed by atoms with Crippen LogP contribution in [-0.4, -0.2) is 41.0 Å². The van der Waals surface area contributed by atoms with E-state index in [0.717, 1.165) is 12.8 Å². The molecule has 0 N–H and O–H groups in total. The van der Waals surface area contributed by atoms with Crippen LogP contribution in [0.25, 0.3) is 0 Å². The largest absolute Gasteiger partial charge is 0.469 e. The Bertz CT molecular complexity index is 261. The summed E-state index contributed by atoms with van der Waals surface area (Å²) < 4.78 is 22.1. The highest BCUT2D eigenvalue weighted by Gasteiger charge is 2.31. The lowest BCUT2D eigenvalue weighted by molar-refractivity contribution is -0.144. The molecule has 1 heterocycles. The van der Waals surface area contributed by atoms with E-state index in [4.69, 9.17) is 4.74 Å². The Morgan fingerprint density at radius 1 is 1.38 bits per heavy atom. The van der Waals surface area contributed by atoms with Crippen LogP contribution in [0.2, 0.25) is 0 Å². The molecule has 5 heteroatoms. The number of carbonyl (C=O) groups excluding carboxylic acids is 1. The highest BCUT2D eigenvalue weighted by Crippen LogP contribution is 2.21. The molecule has 0 spiro atoms. The van der Waals surface area contributed by atoms with Crippen LogP contribution in [0, 0.1) is 5.92 Å². The molecule has 1 fully saturated rings. The van der Waals surface area contributed by atoms with E-state index in [1.807, 2.05) is 6.92 Å². The van der Waals surface area contributed by atoms with Crippen molar-refractivity contribution >= 4 is 16.8 Å². The quantitative estimate of drug-likeness (QED) is 0.699. The number of carbonyl (C=O) groups is 1. The number of hydrogen-bond acceptors (Lipinski definition) is 4. The topological polar surface area (TPSA) is 52.6 Å². The highest BCUT2D eigenvalue weighted by atomic mass is 32.2. The number of esters is 1. The molecule has 0 aromatic heterocycles. The van der Waals surface area contributed by atoms with E-state index < -0.39 is 10.8 Å². The Balaban J connectivity index is 2.54. The summed E-state index contributed by atoms with van der Waals surface area (Å²) in [5.41, 5.74) is 0. The average Bonchev–Trinajstić information content (AvgIpc) is 2.36. The normalized spacial score (nSPS) is 23.4. The minimum Gasteiger partial charge on any atom is -0.469 e. The molecular formula is C11H20O4S. The van der Waals surface area contributed by atoms with Crippen LogP contribution in [0.5, 0.6) is 0 Å². The lowest BCUT2D eigenvalue weighted by Crippen LogP contribution is -2.36. The number of ether oxygens (including phenoxy) is 2. The van der Waals surface area contributed by atoms with Crippen molar-refractivity contribution in [2.45, 2.75) is 37.2 Å². The van der Waals surface area contributed by atoms with Crippen LogP contribution in [-0.2, 0) is 25.1 Å². The number of hydrogen-bond donors (Lipinski definition) is 0. The van der Waals surface area contributed by atoms with Crippen molar-refractivity contribution in [1.82, 2.24) is 0 Å². The molecule has 0 amide bonds. The van der Waals surface area contributed by atoms with Gasteiger partial charge in [0, 0.05) is 34.5 Å². The summed E-state index contributed by atoms with van der Waals surface area (Å²) in [6, 6.07) is 0. The first-order valence-corrected chi connectivity index (χ1v) is 6.90. The minimum absolute atomic E-state index is 0.157. The van der Waals surface area contributed by atoms with Gasteiger partial charge < -0.3 is 9.47 Å². The predicted molar refractivity (Wildman–Crippen MR) is 62.6 cm³/mol. The summed E-state index contributed by atoms with van der Waals surface area (Å²) in [7, 11) is 0.380. The first kappa shape index (κ1) is 13.6. The first-order valence-electron chi connectivity index (χ1n) is 5.63. The smallest absolute Gasteiger partial charge is 0.309 e. The summed E-state index contributed by atoms with van der Waals surface area (Å²) in [5, 5.41) is 0.00593. The molecular weight excluding hydrogens is 228 g/mol. The van der Waals surface area contributed by atoms with Crippen LogP contribution in [0.3, 0.4) is 0 Å². The van der Waals surface area contributed by atoms with E-state index in [-0.39, 0.29) is 22.4 Å². The molecule has 1 aliphatic heterocycles. The van der Waals surface area contributed by atoms with Gasteiger partial charge in [-0.2, -0.15) is 0 Å². The summed E-state index contributed by atoms with van der Waals surface area (Å²) in [6.45, 7) is 4.98. The molecule has 0 bridgehead atoms. The predicted octanol–water partition coefficient (Wildman–Crippen LogP) is 1.11. The highest BCUT2D eigenvalue weighted by molar-refractivity contribution is 7.86. The fourth-order valence-electron chi connectivity index (χ4n) is 1.79. The Kier molecular flexibility index (Phi) is 5.41. The van der Waals surface area contributed by atoms with Crippen molar-refractivity contribution in [3.8, 4) is 0 Å². The summed E-state index contributed by atoms with van der Waals surface area (Å²) in [6.07, 6.45) is 1.65. The third-order valence-corrected chi connectivity index (χ3v) is 5.41. The molecule has 16 heavy (non-hydrogen) atoms. The van der Waals surface area contributed by atoms with Crippen LogP contribution in [0.4, 0.5) is 0 Å². The second-order valence-electron chi connectivity index (χ2n) is 4.16. The third-order valence-electron chi connectivity index (χ3n) is 3.14. The average molecular weight is 248 g/mol. The molecule has 1 aliphatic rings. The molecule has 3 unspecified atom stereocenters. The van der Waals surface area contributed by atoms with Crippen LogP contribution < -0.4 is 0 Å². The van der Waals surface area contributed by atoms with Gasteiger partial charge in [0.25, 0.3) is 0 Å². The Morgan fingerprint density at radius 2 is 1.94 bits per heavy atom. The van der Waals surface area contributed by atoms with Gasteiger partial charge in [0.15, 0.2) is 0 Å². The van der Waals surface area contributed by atoms with E-state index in [1.165, 1.54) is 7.11 Å². The van der Waals surface area contributed by atoms with Crippen molar-refractivity contribution in [2.75, 3.05) is 20.3 Å². The molecule has 3 atom stereocenters. The van der Waals surface area contributed by atoms with Gasteiger partial charge in [0.1, 0.15) is 0 Å². The van der Waals surface area contributed by atoms with Crippen molar-refractivity contribution in [3.05, 3.63) is 0 Å². The van der Waals surface area contributed by atoms with Gasteiger partial charge >= 0.3 is 5.97 Å². The van der Waals surface area contributed by atoms with Crippen molar-refractivity contribution < 1.29 is 18.5 Å². The first-order chi connectivity index (χ1) is 7.57. The second-order valence-corrected chi connectivity index (χ2v) is 6.22. The standard InChI is InChI=1S/C11H20O4S/c1-8(11(12)14-3)9(2)16(13)10-4-6-15-7-5-10/h8-10H,4-7H2,1-3H3. The third kappa shape index (κ3) is 3.28. The molecule has 0 aromatic carbocycles. The molecule has 1 saturated heterocycles. The van der Waals surface area contributed by atoms with E-state index in [0.29, 0.717) is 13.2 Å². The zero-order chi connectivity index (χ0) is 12.1. The van der Waals surface area contributed by atoms with Crippen LogP contribution >= 0.6 is 0 Å². The second kappa shape index (κ2) is 6.35. The van der Waals surface area contributed by atoms with Gasteiger partial charge in [-0.15, -0.1) is 0 Å². The summed E-state index contributed by atoms with van der Waals surface area (Å²) >= 11 is 0. The van der Waals surface area contributed by atoms with Gasteiger partial charge in [-0.3, -0.25) is 9.00 Å². The van der Waals surface area contributed by atoms with Gasteiger partial charge in [0.2, 0.25) is 0 Å². The Hall–Kier alpha value is -0.420. The fourth-order valence-corrected chi connectivity index (χ4v) is 3.57. The molecule has 1 rings (SSSR count). The van der Waals surface area contributed by atoms with Crippen molar-refractivity contribution in [3.63, 3.8) is 0 Å². The van der Waals surface area contributed by atoms with Gasteiger partial charge in [0.05, 0.1) is 13.0 Å². The lowest BCUT2D eigenvalue weighted by Gasteiger charge is -2.26. The molecule has 0 aliphatic carbocycles. The molecule has 94 valence electrons. The Labute approximate surface area is 99.1 Å². The monoisotopic (exact) mass is 248 g/mol. The zero-order valence-corrected chi connectivity index (χ0v) is 10.9. The molecule has 0 radical (unpaired) electrons. The van der Waals surface area contributed by atoms with E-state index in [2.05, 4.69) is 4.74 Å². The van der Waals surface area contributed by atoms with E-state index in [1.54, 1.807) is 6.92 Å². The summed E-state index contributed by atoms with van der Waals surface area (Å²) in [4.78, 5) is 11.4. The van der Waals surface area contributed by atoms with Crippen molar-refractivity contribution in [1.29, 1.82) is 0 Å². The van der Waals surface area contributed by atoms with Gasteiger partial charge in [-0.05, 0) is 19.8 Å². The van der Waals surface area contributed by atoms with Crippen LogP contribution in [0.15, 0.2) is 0 Å². The zero-order valence-electron chi connectivity index (χ0n) is 10.1. The van der Waals surface area contributed by atoms with E-state index >= 15 is 0 Å². The maximum atomic E-state index is 12.2. The van der Waals surface area contributed by atoms with Crippen LogP contribution in [0.1, 0.15) is 26.7 Å². The lowest BCUT2D eigenvalue weighted by atomic mass is 10.1. The SMILES string of the molecule is COC(=O)C(C)C(C)S(=O)C1CCOCC1. The molecule has 4 nitrogen and oxygen atoms in total. The minimum atomic E-state index is -0.984. The number of rotatable bonds is 4. The maximum absolute atomic E-state index is 12.2. The maximum Gasteiger partial charge on any atom is 0.309 e. The molecule has 0 aromatic rings. The van der Waals surface area contributed by atoms with Gasteiger partial charge in [-0.25, -0.2) is 0 Å².